The van der Waals surface area contributed by atoms with E-state index in [1.54, 1.807) is 6.33 Å². The maximum atomic E-state index is 5.00. The number of nitrogens with zero attached hydrogens (tertiary/aromatic N) is 4. The zero-order valence-electron chi connectivity index (χ0n) is 20.5. The molecule has 0 radical (unpaired) electrons. The Morgan fingerprint density at radius 2 is 1.75 bits per heavy atom. The van der Waals surface area contributed by atoms with Gasteiger partial charge in [0.05, 0.1) is 16.7 Å². The molecule has 6 nitrogen and oxygen atoms in total. The first-order chi connectivity index (χ1) is 17.6. The molecule has 2 aliphatic rings. The largest absolute Gasteiger partial charge is 0.354 e. The number of hydrogen-bond donors (Lipinski definition) is 2. The third-order valence-corrected chi connectivity index (χ3v) is 8.83. The SMILES string of the molecule is Cc1c(-c2cc(C)c3ncnn3c2)[nH]c2cc(-c3ccc4nc(C5C[C@@H]6CC[C@H]5C6)[nH]c4c3)ccc12. The van der Waals surface area contributed by atoms with Crippen molar-refractivity contribution in [1.29, 1.82) is 0 Å². The van der Waals surface area contributed by atoms with E-state index in [1.807, 2.05) is 10.7 Å². The van der Waals surface area contributed by atoms with Gasteiger partial charge in [-0.1, -0.05) is 24.6 Å². The molecule has 2 N–H and O–H groups in total. The Morgan fingerprint density at radius 3 is 2.58 bits per heavy atom. The number of benzene rings is 2. The minimum absolute atomic E-state index is 0.622. The molecule has 2 fully saturated rings. The molecule has 2 aromatic carbocycles. The molecule has 36 heavy (non-hydrogen) atoms. The third-order valence-electron chi connectivity index (χ3n) is 8.83. The molecule has 4 aromatic heterocycles. The molecule has 178 valence electrons. The minimum Gasteiger partial charge on any atom is -0.354 e. The molecule has 2 saturated carbocycles. The predicted octanol–water partition coefficient (Wildman–Crippen LogP) is 6.94. The molecule has 8 rings (SSSR count). The summed E-state index contributed by atoms with van der Waals surface area (Å²) in [6.45, 7) is 4.26. The second-order valence-corrected chi connectivity index (χ2v) is 11.0. The van der Waals surface area contributed by atoms with Gasteiger partial charge in [-0.25, -0.2) is 14.5 Å². The average Bonchev–Trinajstić information content (AvgIpc) is 3.71. The lowest BCUT2D eigenvalue weighted by Crippen LogP contribution is -2.09. The minimum atomic E-state index is 0.622. The number of H-pyrrole nitrogens is 2. The van der Waals surface area contributed by atoms with Crippen LogP contribution in [0.4, 0.5) is 0 Å². The number of aryl methyl sites for hydroxylation is 2. The number of aromatic nitrogens is 6. The quantitative estimate of drug-likeness (QED) is 0.293. The third kappa shape index (κ3) is 2.93. The van der Waals surface area contributed by atoms with Gasteiger partial charge in [-0.05, 0) is 91.5 Å². The van der Waals surface area contributed by atoms with E-state index < -0.39 is 0 Å². The summed E-state index contributed by atoms with van der Waals surface area (Å²) in [5.74, 6) is 3.58. The van der Waals surface area contributed by atoms with Gasteiger partial charge in [0, 0.05) is 28.6 Å². The summed E-state index contributed by atoms with van der Waals surface area (Å²) < 4.78 is 1.85. The van der Waals surface area contributed by atoms with Gasteiger partial charge >= 0.3 is 0 Å². The molecule has 2 aliphatic carbocycles. The van der Waals surface area contributed by atoms with Crippen molar-refractivity contribution >= 4 is 27.6 Å². The molecule has 4 heterocycles. The number of hydrogen-bond acceptors (Lipinski definition) is 3. The van der Waals surface area contributed by atoms with Crippen LogP contribution in [-0.2, 0) is 0 Å². The van der Waals surface area contributed by atoms with Gasteiger partial charge < -0.3 is 9.97 Å². The van der Waals surface area contributed by atoms with Gasteiger partial charge in [0.15, 0.2) is 5.65 Å². The lowest BCUT2D eigenvalue weighted by molar-refractivity contribution is 0.408. The van der Waals surface area contributed by atoms with Gasteiger partial charge in [-0.2, -0.15) is 5.10 Å². The normalized spacial score (nSPS) is 21.4. The van der Waals surface area contributed by atoms with Crippen LogP contribution >= 0.6 is 0 Å². The molecule has 0 saturated heterocycles. The van der Waals surface area contributed by atoms with Crippen molar-refractivity contribution in [3.63, 3.8) is 0 Å². The van der Waals surface area contributed by atoms with E-state index in [0.29, 0.717) is 5.92 Å². The van der Waals surface area contributed by atoms with Gasteiger partial charge in [-0.15, -0.1) is 0 Å². The van der Waals surface area contributed by atoms with Crippen LogP contribution in [0.1, 0.15) is 48.6 Å². The summed E-state index contributed by atoms with van der Waals surface area (Å²) in [6.07, 6.45) is 9.16. The van der Waals surface area contributed by atoms with Crippen molar-refractivity contribution in [1.82, 2.24) is 29.5 Å². The highest BCUT2D eigenvalue weighted by Gasteiger charge is 2.41. The van der Waals surface area contributed by atoms with E-state index in [1.165, 1.54) is 53.6 Å². The zero-order chi connectivity index (χ0) is 24.0. The second-order valence-electron chi connectivity index (χ2n) is 11.0. The summed E-state index contributed by atoms with van der Waals surface area (Å²) in [7, 11) is 0. The van der Waals surface area contributed by atoms with Gasteiger partial charge in [-0.3, -0.25) is 0 Å². The number of pyridine rings is 1. The van der Waals surface area contributed by atoms with Gasteiger partial charge in [0.25, 0.3) is 0 Å². The van der Waals surface area contributed by atoms with Crippen LogP contribution in [0.3, 0.4) is 0 Å². The Balaban J connectivity index is 1.17. The highest BCUT2D eigenvalue weighted by molar-refractivity contribution is 5.94. The zero-order valence-corrected chi connectivity index (χ0v) is 20.5. The number of rotatable bonds is 3. The fourth-order valence-corrected chi connectivity index (χ4v) is 7.00. The highest BCUT2D eigenvalue weighted by atomic mass is 15.3. The van der Waals surface area contributed by atoms with Crippen molar-refractivity contribution in [2.24, 2.45) is 11.8 Å². The maximum Gasteiger partial charge on any atom is 0.158 e. The topological polar surface area (TPSA) is 74.7 Å². The molecular weight excluding hydrogens is 444 g/mol. The molecule has 0 amide bonds. The molecule has 3 atom stereocenters. The summed E-state index contributed by atoms with van der Waals surface area (Å²) in [5.41, 5.74) is 11.3. The molecule has 2 bridgehead atoms. The van der Waals surface area contributed by atoms with Crippen LogP contribution in [0.5, 0.6) is 0 Å². The average molecular weight is 473 g/mol. The number of fused-ring (bicyclic) bond motifs is 5. The number of aromatic amines is 2. The first kappa shape index (κ1) is 20.3. The van der Waals surface area contributed by atoms with Gasteiger partial charge in [0.1, 0.15) is 12.2 Å². The lowest BCUT2D eigenvalue weighted by Gasteiger charge is -2.18. The van der Waals surface area contributed by atoms with E-state index in [2.05, 4.69) is 76.4 Å². The van der Waals surface area contributed by atoms with E-state index in [0.717, 1.165) is 50.9 Å². The fraction of sp³-hybridized carbons (Fsp3) is 0.300. The number of nitrogens with one attached hydrogen (secondary N) is 2. The van der Waals surface area contributed by atoms with Crippen molar-refractivity contribution in [2.45, 2.75) is 45.4 Å². The molecule has 1 unspecified atom stereocenters. The van der Waals surface area contributed by atoms with Crippen molar-refractivity contribution < 1.29 is 0 Å². The van der Waals surface area contributed by atoms with Gasteiger partial charge in [0.2, 0.25) is 0 Å². The second kappa shape index (κ2) is 7.29. The molecular formula is C30H28N6. The van der Waals surface area contributed by atoms with Crippen LogP contribution < -0.4 is 0 Å². The fourth-order valence-electron chi connectivity index (χ4n) is 7.00. The van der Waals surface area contributed by atoms with Crippen LogP contribution in [0, 0.1) is 25.7 Å². The van der Waals surface area contributed by atoms with Crippen molar-refractivity contribution in [3.05, 3.63) is 71.9 Å². The summed E-state index contributed by atoms with van der Waals surface area (Å²) in [6, 6.07) is 15.5. The molecule has 0 spiro atoms. The Labute approximate surface area is 208 Å². The van der Waals surface area contributed by atoms with E-state index in [-0.39, 0.29) is 0 Å². The Morgan fingerprint density at radius 1 is 0.889 bits per heavy atom. The van der Waals surface area contributed by atoms with Crippen LogP contribution in [0.2, 0.25) is 0 Å². The molecule has 6 aromatic rings. The lowest BCUT2D eigenvalue weighted by atomic mass is 9.88. The Kier molecular flexibility index (Phi) is 4.11. The van der Waals surface area contributed by atoms with E-state index >= 15 is 0 Å². The monoisotopic (exact) mass is 472 g/mol. The summed E-state index contributed by atoms with van der Waals surface area (Å²) in [5, 5.41) is 5.59. The van der Waals surface area contributed by atoms with E-state index in [4.69, 9.17) is 4.98 Å². The Bertz CT molecular complexity index is 1800. The first-order valence-corrected chi connectivity index (χ1v) is 13.0. The van der Waals surface area contributed by atoms with Crippen molar-refractivity contribution in [3.8, 4) is 22.4 Å². The molecule has 0 aliphatic heterocycles. The smallest absolute Gasteiger partial charge is 0.158 e. The van der Waals surface area contributed by atoms with Crippen LogP contribution in [0.25, 0.3) is 50.0 Å². The van der Waals surface area contributed by atoms with Crippen molar-refractivity contribution in [2.75, 3.05) is 0 Å². The number of imidazole rings is 1. The molecule has 6 heteroatoms. The Hall–Kier alpha value is -3.93. The van der Waals surface area contributed by atoms with Crippen LogP contribution in [-0.4, -0.2) is 29.5 Å². The first-order valence-electron chi connectivity index (χ1n) is 13.0. The summed E-state index contributed by atoms with van der Waals surface area (Å²) >= 11 is 0. The van der Waals surface area contributed by atoms with E-state index in [9.17, 15) is 0 Å². The standard InChI is InChI=1S/C30H28N6/c1-16-9-22(14-36-30(16)31-15-32-36)28-17(2)23-7-5-19(12-26(23)33-28)20-6-8-25-27(13-20)35-29(34-25)24-11-18-3-4-21(24)10-18/h5-9,12-15,18,21,24,33H,3-4,10-11H2,1-2H3,(H,34,35)/t18-,21+,24?/m1/s1. The predicted molar refractivity (Wildman–Crippen MR) is 143 cm³/mol. The summed E-state index contributed by atoms with van der Waals surface area (Å²) in [4.78, 5) is 16.7. The maximum absolute atomic E-state index is 5.00. The van der Waals surface area contributed by atoms with Crippen LogP contribution in [0.15, 0.2) is 55.0 Å². The highest BCUT2D eigenvalue weighted by Crippen LogP contribution is 2.52.